The summed E-state index contributed by atoms with van der Waals surface area (Å²) in [6, 6.07) is 8.97. The van der Waals surface area contributed by atoms with Crippen molar-refractivity contribution in [3.05, 3.63) is 35.9 Å². The van der Waals surface area contributed by atoms with E-state index in [0.717, 1.165) is 5.56 Å². The number of Topliss-reactive ketones (excluding diaryl/α,β-unsaturated/α-hetero) is 1. The van der Waals surface area contributed by atoms with Crippen LogP contribution in [0.1, 0.15) is 46.1 Å². The second-order valence-corrected chi connectivity index (χ2v) is 7.72. The van der Waals surface area contributed by atoms with Gasteiger partial charge in [-0.3, -0.25) is 20.6 Å². The van der Waals surface area contributed by atoms with Gasteiger partial charge in [0.15, 0.2) is 12.1 Å². The number of rotatable bonds is 13. The standard InChI is InChI=1S/C21H36N4O3/c1-14(2)19(26)17(11-8-12-23-21(22)28)25-20(27)18(24-15(3)4)13-16-9-6-5-7-10-16/h5-7,9-10,14-15,17-18,21,23-24,28H,8,11-13,22H2,1-4H3,(H,25,27)/t17-,18-,21?/m0/s1. The van der Waals surface area contributed by atoms with Gasteiger partial charge in [0.2, 0.25) is 5.91 Å². The van der Waals surface area contributed by atoms with Gasteiger partial charge in [-0.05, 0) is 31.4 Å². The highest BCUT2D eigenvalue weighted by molar-refractivity contribution is 5.91. The topological polar surface area (TPSA) is 116 Å². The van der Waals surface area contributed by atoms with Crippen LogP contribution in [0.2, 0.25) is 0 Å². The Kier molecular flexibility index (Phi) is 10.9. The normalized spacial score (nSPS) is 14.7. The number of hydrogen-bond acceptors (Lipinski definition) is 6. The molecule has 3 atom stereocenters. The van der Waals surface area contributed by atoms with Gasteiger partial charge in [0.25, 0.3) is 0 Å². The molecule has 6 N–H and O–H groups in total. The smallest absolute Gasteiger partial charge is 0.238 e. The van der Waals surface area contributed by atoms with Crippen molar-refractivity contribution in [2.75, 3.05) is 6.54 Å². The molecular weight excluding hydrogens is 356 g/mol. The maximum Gasteiger partial charge on any atom is 0.238 e. The van der Waals surface area contributed by atoms with Crippen molar-refractivity contribution in [2.45, 2.75) is 71.4 Å². The minimum atomic E-state index is -1.08. The number of amides is 1. The van der Waals surface area contributed by atoms with Crippen LogP contribution in [0.15, 0.2) is 30.3 Å². The summed E-state index contributed by atoms with van der Waals surface area (Å²) in [5.41, 5.74) is 6.32. The molecule has 0 fully saturated rings. The Morgan fingerprint density at radius 3 is 2.25 bits per heavy atom. The zero-order valence-corrected chi connectivity index (χ0v) is 17.4. The molecule has 0 aliphatic carbocycles. The molecule has 28 heavy (non-hydrogen) atoms. The molecule has 1 unspecified atom stereocenters. The predicted octanol–water partition coefficient (Wildman–Crippen LogP) is 0.910. The first-order valence-corrected chi connectivity index (χ1v) is 10.0. The molecule has 0 bridgehead atoms. The maximum atomic E-state index is 13.0. The van der Waals surface area contributed by atoms with Crippen LogP contribution in [-0.2, 0) is 16.0 Å². The van der Waals surface area contributed by atoms with Gasteiger partial charge in [-0.2, -0.15) is 0 Å². The molecule has 0 spiro atoms. The lowest BCUT2D eigenvalue weighted by Crippen LogP contribution is -2.53. The van der Waals surface area contributed by atoms with Crippen molar-refractivity contribution < 1.29 is 14.7 Å². The highest BCUT2D eigenvalue weighted by Crippen LogP contribution is 2.09. The Labute approximate surface area is 168 Å². The summed E-state index contributed by atoms with van der Waals surface area (Å²) in [5.74, 6) is -0.350. The van der Waals surface area contributed by atoms with Crippen molar-refractivity contribution >= 4 is 11.7 Å². The number of benzene rings is 1. The summed E-state index contributed by atoms with van der Waals surface area (Å²) in [4.78, 5) is 25.5. The lowest BCUT2D eigenvalue weighted by atomic mass is 9.96. The fourth-order valence-electron chi connectivity index (χ4n) is 3.00. The molecular formula is C21H36N4O3. The summed E-state index contributed by atoms with van der Waals surface area (Å²) < 4.78 is 0. The van der Waals surface area contributed by atoms with E-state index < -0.39 is 18.4 Å². The summed E-state index contributed by atoms with van der Waals surface area (Å²) in [7, 11) is 0. The van der Waals surface area contributed by atoms with Crippen LogP contribution in [0.5, 0.6) is 0 Å². The molecule has 1 aromatic carbocycles. The monoisotopic (exact) mass is 392 g/mol. The molecule has 0 radical (unpaired) electrons. The molecule has 1 amide bonds. The molecule has 7 nitrogen and oxygen atoms in total. The third kappa shape index (κ3) is 9.41. The van der Waals surface area contributed by atoms with E-state index in [-0.39, 0.29) is 23.7 Å². The van der Waals surface area contributed by atoms with Gasteiger partial charge in [-0.25, -0.2) is 0 Å². The van der Waals surface area contributed by atoms with E-state index >= 15 is 0 Å². The van der Waals surface area contributed by atoms with Crippen molar-refractivity contribution in [3.63, 3.8) is 0 Å². The van der Waals surface area contributed by atoms with Crippen LogP contribution in [-0.4, -0.2) is 47.8 Å². The van der Waals surface area contributed by atoms with Crippen molar-refractivity contribution in [2.24, 2.45) is 11.7 Å². The molecule has 1 rings (SSSR count). The first-order chi connectivity index (χ1) is 13.2. The van der Waals surface area contributed by atoms with E-state index in [9.17, 15) is 9.59 Å². The molecule has 0 aliphatic rings. The highest BCUT2D eigenvalue weighted by atomic mass is 16.3. The number of carbonyl (C=O) groups excluding carboxylic acids is 2. The molecule has 0 aliphatic heterocycles. The van der Waals surface area contributed by atoms with Crippen LogP contribution in [0.25, 0.3) is 0 Å². The minimum Gasteiger partial charge on any atom is -0.366 e. The second kappa shape index (κ2) is 12.6. The SMILES string of the molecule is CC(C)N[C@@H](Cc1ccccc1)C(=O)N[C@@H](CCCNC(N)O)C(=O)C(C)C. The Morgan fingerprint density at radius 2 is 1.71 bits per heavy atom. The molecule has 0 aromatic heterocycles. The molecule has 158 valence electrons. The lowest BCUT2D eigenvalue weighted by molar-refractivity contribution is -0.130. The summed E-state index contributed by atoms with van der Waals surface area (Å²) in [5, 5.41) is 18.0. The largest absolute Gasteiger partial charge is 0.366 e. The zero-order chi connectivity index (χ0) is 21.1. The van der Waals surface area contributed by atoms with Gasteiger partial charge in [-0.1, -0.05) is 58.0 Å². The Hall–Kier alpha value is -1.80. The maximum absolute atomic E-state index is 13.0. The van der Waals surface area contributed by atoms with E-state index in [1.165, 1.54) is 0 Å². The lowest BCUT2D eigenvalue weighted by Gasteiger charge is -2.25. The van der Waals surface area contributed by atoms with Gasteiger partial charge < -0.3 is 15.7 Å². The van der Waals surface area contributed by atoms with Crippen molar-refractivity contribution in [1.29, 1.82) is 0 Å². The number of nitrogens with one attached hydrogen (secondary N) is 3. The number of ketones is 1. The third-order valence-corrected chi connectivity index (χ3v) is 4.39. The van der Waals surface area contributed by atoms with Gasteiger partial charge in [0.1, 0.15) is 0 Å². The number of aliphatic hydroxyl groups is 1. The fraction of sp³-hybridized carbons (Fsp3) is 0.619. The summed E-state index contributed by atoms with van der Waals surface area (Å²) >= 11 is 0. The van der Waals surface area contributed by atoms with Gasteiger partial charge >= 0.3 is 0 Å². The van der Waals surface area contributed by atoms with Crippen LogP contribution in [0, 0.1) is 5.92 Å². The Bertz CT molecular complexity index is 591. The van der Waals surface area contributed by atoms with E-state index in [1.54, 1.807) is 0 Å². The molecule has 0 heterocycles. The molecule has 0 saturated heterocycles. The number of hydrogen-bond donors (Lipinski definition) is 5. The third-order valence-electron chi connectivity index (χ3n) is 4.39. The first-order valence-electron chi connectivity index (χ1n) is 10.0. The van der Waals surface area contributed by atoms with Gasteiger partial charge in [0, 0.05) is 12.0 Å². The average Bonchev–Trinajstić information content (AvgIpc) is 2.63. The highest BCUT2D eigenvalue weighted by Gasteiger charge is 2.27. The quantitative estimate of drug-likeness (QED) is 0.252. The fourth-order valence-corrected chi connectivity index (χ4v) is 3.00. The molecule has 7 heteroatoms. The van der Waals surface area contributed by atoms with Crippen LogP contribution >= 0.6 is 0 Å². The van der Waals surface area contributed by atoms with Crippen molar-refractivity contribution in [1.82, 2.24) is 16.0 Å². The van der Waals surface area contributed by atoms with E-state index in [2.05, 4.69) is 16.0 Å². The van der Waals surface area contributed by atoms with Gasteiger partial charge in [0.05, 0.1) is 12.1 Å². The molecule has 1 aromatic rings. The number of nitrogens with two attached hydrogens (primary N) is 1. The second-order valence-electron chi connectivity index (χ2n) is 7.72. The van der Waals surface area contributed by atoms with Crippen LogP contribution in [0.4, 0.5) is 0 Å². The zero-order valence-electron chi connectivity index (χ0n) is 17.4. The van der Waals surface area contributed by atoms with Crippen LogP contribution in [0.3, 0.4) is 0 Å². The van der Waals surface area contributed by atoms with Crippen LogP contribution < -0.4 is 21.7 Å². The Morgan fingerprint density at radius 1 is 1.07 bits per heavy atom. The van der Waals surface area contributed by atoms with E-state index in [0.29, 0.717) is 25.8 Å². The van der Waals surface area contributed by atoms with E-state index in [1.807, 2.05) is 58.0 Å². The summed E-state index contributed by atoms with van der Waals surface area (Å²) in [6.45, 7) is 8.11. The summed E-state index contributed by atoms with van der Waals surface area (Å²) in [6.07, 6.45) is 0.564. The molecule has 0 saturated carbocycles. The average molecular weight is 393 g/mol. The number of aliphatic hydroxyl groups excluding tert-OH is 1. The Balaban J connectivity index is 2.79. The first kappa shape index (κ1) is 24.2. The number of carbonyl (C=O) groups is 2. The van der Waals surface area contributed by atoms with Crippen molar-refractivity contribution in [3.8, 4) is 0 Å². The minimum absolute atomic E-state index is 0.00431. The predicted molar refractivity (Wildman–Crippen MR) is 111 cm³/mol. The van der Waals surface area contributed by atoms with E-state index in [4.69, 9.17) is 10.8 Å². The van der Waals surface area contributed by atoms with Gasteiger partial charge in [-0.15, -0.1) is 0 Å².